The summed E-state index contributed by atoms with van der Waals surface area (Å²) in [6, 6.07) is 5.86. The summed E-state index contributed by atoms with van der Waals surface area (Å²) in [6.45, 7) is 2.47. The molecule has 0 fully saturated rings. The van der Waals surface area contributed by atoms with Gasteiger partial charge < -0.3 is 4.74 Å². The summed E-state index contributed by atoms with van der Waals surface area (Å²) < 4.78 is 6.82. The van der Waals surface area contributed by atoms with E-state index in [4.69, 9.17) is 16.3 Å². The van der Waals surface area contributed by atoms with Gasteiger partial charge in [-0.25, -0.2) is 0 Å². The summed E-state index contributed by atoms with van der Waals surface area (Å²) in [4.78, 5) is 5.51. The molecular weight excluding hydrogens is 322 g/mol. The third-order valence-electron chi connectivity index (χ3n) is 2.25. The molecule has 0 unspecified atom stereocenters. The minimum Gasteiger partial charge on any atom is -0.486 e. The van der Waals surface area contributed by atoms with Crippen molar-refractivity contribution in [2.24, 2.45) is 0 Å². The molecule has 2 rings (SSSR count). The maximum Gasteiger partial charge on any atom is 0.142 e. The molecule has 5 heteroatoms. The molecule has 0 amide bonds. The number of thiophene rings is 1. The molecule has 0 aliphatic heterocycles. The van der Waals surface area contributed by atoms with Gasteiger partial charge in [-0.1, -0.05) is 0 Å². The fourth-order valence-corrected chi connectivity index (χ4v) is 2.97. The number of rotatable bonds is 4. The zero-order chi connectivity index (χ0) is 12.3. The van der Waals surface area contributed by atoms with Crippen molar-refractivity contribution in [2.75, 3.05) is 0 Å². The Morgan fingerprint density at radius 1 is 1.41 bits per heavy atom. The molecule has 0 aliphatic carbocycles. The standard InChI is InChI=1S/C12H11BrClNOS/c1-8-2-3-11(10(6-14)15-8)16-7-12-9(13)4-5-17-12/h2-5H,6-7H2,1H3. The number of hydrogen-bond acceptors (Lipinski definition) is 3. The summed E-state index contributed by atoms with van der Waals surface area (Å²) in [7, 11) is 0. The first-order valence-corrected chi connectivity index (χ1v) is 7.28. The Labute approximate surface area is 118 Å². The lowest BCUT2D eigenvalue weighted by Crippen LogP contribution is -1.99. The lowest BCUT2D eigenvalue weighted by atomic mass is 10.3. The highest BCUT2D eigenvalue weighted by atomic mass is 79.9. The quantitative estimate of drug-likeness (QED) is 0.767. The Kier molecular flexibility index (Phi) is 4.42. The van der Waals surface area contributed by atoms with Crippen molar-refractivity contribution in [3.05, 3.63) is 44.3 Å². The van der Waals surface area contributed by atoms with Gasteiger partial charge >= 0.3 is 0 Å². The Morgan fingerprint density at radius 3 is 2.88 bits per heavy atom. The van der Waals surface area contributed by atoms with Crippen molar-refractivity contribution < 1.29 is 4.74 Å². The van der Waals surface area contributed by atoms with E-state index in [1.165, 1.54) is 0 Å². The summed E-state index contributed by atoms with van der Waals surface area (Å²) >= 11 is 11.0. The van der Waals surface area contributed by atoms with Crippen LogP contribution in [-0.2, 0) is 12.5 Å². The highest BCUT2D eigenvalue weighted by Gasteiger charge is 2.07. The Balaban J connectivity index is 2.11. The van der Waals surface area contributed by atoms with Crippen LogP contribution in [0.1, 0.15) is 16.3 Å². The lowest BCUT2D eigenvalue weighted by Gasteiger charge is -2.09. The van der Waals surface area contributed by atoms with E-state index in [1.807, 2.05) is 30.5 Å². The second kappa shape index (κ2) is 5.85. The normalized spacial score (nSPS) is 10.5. The molecule has 0 atom stereocenters. The first-order valence-electron chi connectivity index (χ1n) is 5.08. The minimum absolute atomic E-state index is 0.364. The van der Waals surface area contributed by atoms with Crippen molar-refractivity contribution in [1.29, 1.82) is 0 Å². The van der Waals surface area contributed by atoms with E-state index in [1.54, 1.807) is 11.3 Å². The maximum absolute atomic E-state index is 5.85. The van der Waals surface area contributed by atoms with Crippen molar-refractivity contribution in [1.82, 2.24) is 4.98 Å². The van der Waals surface area contributed by atoms with Crippen LogP contribution in [0.15, 0.2) is 28.1 Å². The van der Waals surface area contributed by atoms with Gasteiger partial charge in [0.25, 0.3) is 0 Å². The molecule has 90 valence electrons. The lowest BCUT2D eigenvalue weighted by molar-refractivity contribution is 0.305. The van der Waals surface area contributed by atoms with Crippen LogP contribution in [0, 0.1) is 6.92 Å². The van der Waals surface area contributed by atoms with Crippen molar-refractivity contribution >= 4 is 38.9 Å². The molecule has 0 N–H and O–H groups in total. The smallest absolute Gasteiger partial charge is 0.142 e. The van der Waals surface area contributed by atoms with Crippen LogP contribution in [0.2, 0.25) is 0 Å². The number of halogens is 2. The van der Waals surface area contributed by atoms with Gasteiger partial charge in [0.1, 0.15) is 12.4 Å². The molecule has 2 nitrogen and oxygen atoms in total. The summed E-state index contributed by atoms with van der Waals surface area (Å²) in [5.41, 5.74) is 1.74. The molecule has 0 aliphatic rings. The molecule has 0 saturated heterocycles. The van der Waals surface area contributed by atoms with Crippen molar-refractivity contribution in [3.8, 4) is 5.75 Å². The van der Waals surface area contributed by atoms with Gasteiger partial charge in [-0.3, -0.25) is 4.98 Å². The number of ether oxygens (including phenoxy) is 1. The number of pyridine rings is 1. The Hall–Kier alpha value is -0.580. The highest BCUT2D eigenvalue weighted by Crippen LogP contribution is 2.26. The van der Waals surface area contributed by atoms with Gasteiger partial charge in [-0.05, 0) is 46.4 Å². The first kappa shape index (κ1) is 12.9. The predicted molar refractivity (Wildman–Crippen MR) is 74.9 cm³/mol. The molecule has 2 heterocycles. The molecule has 2 aromatic rings. The topological polar surface area (TPSA) is 22.1 Å². The molecule has 0 bridgehead atoms. The van der Waals surface area contributed by atoms with Crippen LogP contribution in [0.3, 0.4) is 0 Å². The molecule has 0 aromatic carbocycles. The van der Waals surface area contributed by atoms with Crippen LogP contribution in [0.5, 0.6) is 5.75 Å². The monoisotopic (exact) mass is 331 g/mol. The van der Waals surface area contributed by atoms with Crippen LogP contribution < -0.4 is 4.74 Å². The van der Waals surface area contributed by atoms with E-state index < -0.39 is 0 Å². The SMILES string of the molecule is Cc1ccc(OCc2sccc2Br)c(CCl)n1. The third kappa shape index (κ3) is 3.21. The molecule has 0 radical (unpaired) electrons. The highest BCUT2D eigenvalue weighted by molar-refractivity contribution is 9.10. The first-order chi connectivity index (χ1) is 8.20. The van der Waals surface area contributed by atoms with Gasteiger partial charge in [0, 0.05) is 10.2 Å². The molecular formula is C12H11BrClNOS. The van der Waals surface area contributed by atoms with E-state index in [-0.39, 0.29) is 0 Å². The van der Waals surface area contributed by atoms with Crippen LogP contribution in [0.4, 0.5) is 0 Å². The van der Waals surface area contributed by atoms with E-state index in [0.717, 1.165) is 26.5 Å². The number of aryl methyl sites for hydroxylation is 1. The summed E-state index contributed by atoms with van der Waals surface area (Å²) in [5, 5.41) is 2.03. The largest absolute Gasteiger partial charge is 0.486 e. The number of hydrogen-bond donors (Lipinski definition) is 0. The molecule has 17 heavy (non-hydrogen) atoms. The van der Waals surface area contributed by atoms with Crippen LogP contribution >= 0.6 is 38.9 Å². The van der Waals surface area contributed by atoms with Crippen molar-refractivity contribution in [3.63, 3.8) is 0 Å². The average molecular weight is 333 g/mol. The van der Waals surface area contributed by atoms with Crippen LogP contribution in [-0.4, -0.2) is 4.98 Å². The van der Waals surface area contributed by atoms with Gasteiger partial charge in [-0.15, -0.1) is 22.9 Å². The summed E-state index contributed by atoms with van der Waals surface area (Å²) in [5.74, 6) is 1.12. The second-order valence-electron chi connectivity index (χ2n) is 3.51. The van der Waals surface area contributed by atoms with Gasteiger partial charge in [0.2, 0.25) is 0 Å². The molecule has 0 saturated carbocycles. The average Bonchev–Trinajstić information content (AvgIpc) is 2.73. The third-order valence-corrected chi connectivity index (χ3v) is 4.40. The fourth-order valence-electron chi connectivity index (χ4n) is 1.40. The number of nitrogens with zero attached hydrogens (tertiary/aromatic N) is 1. The van der Waals surface area contributed by atoms with E-state index >= 15 is 0 Å². The Bertz CT molecular complexity index is 515. The maximum atomic E-state index is 5.85. The van der Waals surface area contributed by atoms with Gasteiger partial charge in [0.15, 0.2) is 0 Å². The zero-order valence-corrected chi connectivity index (χ0v) is 12.4. The second-order valence-corrected chi connectivity index (χ2v) is 5.63. The fraction of sp³-hybridized carbons (Fsp3) is 0.250. The molecule has 2 aromatic heterocycles. The van der Waals surface area contributed by atoms with E-state index in [9.17, 15) is 0 Å². The predicted octanol–water partition coefficient (Wildman–Crippen LogP) is 4.53. The summed E-state index contributed by atoms with van der Waals surface area (Å²) in [6.07, 6.45) is 0. The zero-order valence-electron chi connectivity index (χ0n) is 9.24. The number of aromatic nitrogens is 1. The minimum atomic E-state index is 0.364. The van der Waals surface area contributed by atoms with Crippen LogP contribution in [0.25, 0.3) is 0 Å². The van der Waals surface area contributed by atoms with Gasteiger partial charge in [0.05, 0.1) is 16.5 Å². The number of alkyl halides is 1. The molecule has 0 spiro atoms. The van der Waals surface area contributed by atoms with Crippen molar-refractivity contribution in [2.45, 2.75) is 19.4 Å². The van der Waals surface area contributed by atoms with E-state index in [2.05, 4.69) is 20.9 Å². The Morgan fingerprint density at radius 2 is 2.24 bits per heavy atom. The van der Waals surface area contributed by atoms with Gasteiger partial charge in [-0.2, -0.15) is 0 Å². The van der Waals surface area contributed by atoms with E-state index in [0.29, 0.717) is 12.5 Å².